The molecule has 0 amide bonds. The molecule has 0 saturated heterocycles. The zero-order chi connectivity index (χ0) is 16.4. The van der Waals surface area contributed by atoms with Crippen LogP contribution in [0.3, 0.4) is 0 Å². The minimum absolute atomic E-state index is 0.161. The van der Waals surface area contributed by atoms with Gasteiger partial charge in [-0.25, -0.2) is 4.98 Å². The first-order valence-corrected chi connectivity index (χ1v) is 6.72. The third-order valence-electron chi connectivity index (χ3n) is 3.50. The molecule has 7 nitrogen and oxygen atoms in total. The summed E-state index contributed by atoms with van der Waals surface area (Å²) in [7, 11) is 0. The first-order valence-electron chi connectivity index (χ1n) is 6.72. The maximum absolute atomic E-state index is 12.5. The molecular formula is C16H10N4O3. The van der Waals surface area contributed by atoms with Crippen LogP contribution in [-0.2, 0) is 6.54 Å². The predicted octanol–water partition coefficient (Wildman–Crippen LogP) is 2.22. The Morgan fingerprint density at radius 1 is 1.26 bits per heavy atom. The third kappa shape index (κ3) is 2.65. The molecule has 0 fully saturated rings. The van der Waals surface area contributed by atoms with Crippen molar-refractivity contribution < 1.29 is 4.92 Å². The number of hydrogen-bond donors (Lipinski definition) is 0. The zero-order valence-electron chi connectivity index (χ0n) is 11.8. The van der Waals surface area contributed by atoms with E-state index in [9.17, 15) is 14.9 Å². The highest BCUT2D eigenvalue weighted by Gasteiger charge is 2.11. The number of nitriles is 1. The van der Waals surface area contributed by atoms with Gasteiger partial charge >= 0.3 is 0 Å². The number of nitro benzene ring substituents is 1. The van der Waals surface area contributed by atoms with Crippen LogP contribution in [-0.4, -0.2) is 14.5 Å². The van der Waals surface area contributed by atoms with Gasteiger partial charge in [-0.3, -0.25) is 19.5 Å². The van der Waals surface area contributed by atoms with Crippen LogP contribution in [0.1, 0.15) is 11.1 Å². The van der Waals surface area contributed by atoms with Crippen LogP contribution >= 0.6 is 0 Å². The van der Waals surface area contributed by atoms with Crippen molar-refractivity contribution in [3.05, 3.63) is 80.4 Å². The summed E-state index contributed by atoms with van der Waals surface area (Å²) in [6, 6.07) is 13.0. The number of nitro groups is 1. The molecule has 0 bridgehead atoms. The van der Waals surface area contributed by atoms with Crippen molar-refractivity contribution in [3.63, 3.8) is 0 Å². The highest BCUT2D eigenvalue weighted by molar-refractivity contribution is 5.79. The van der Waals surface area contributed by atoms with Gasteiger partial charge in [0.05, 0.1) is 40.3 Å². The molecule has 1 heterocycles. The van der Waals surface area contributed by atoms with Crippen molar-refractivity contribution in [1.29, 1.82) is 5.26 Å². The van der Waals surface area contributed by atoms with Crippen molar-refractivity contribution >= 4 is 16.6 Å². The Bertz CT molecular complexity index is 1020. The second-order valence-corrected chi connectivity index (χ2v) is 4.91. The van der Waals surface area contributed by atoms with Crippen LogP contribution in [0.15, 0.2) is 53.6 Å². The van der Waals surface area contributed by atoms with Crippen molar-refractivity contribution in [1.82, 2.24) is 9.55 Å². The Hall–Kier alpha value is -3.53. The molecule has 7 heteroatoms. The first kappa shape index (κ1) is 14.4. The van der Waals surface area contributed by atoms with Crippen molar-refractivity contribution in [2.24, 2.45) is 0 Å². The number of benzene rings is 2. The van der Waals surface area contributed by atoms with Crippen LogP contribution in [0.2, 0.25) is 0 Å². The Kier molecular flexibility index (Phi) is 3.57. The standard InChI is InChI=1S/C16H10N4O3/c17-8-11-3-1-2-4-12(11)9-19-10-18-15-6-5-13(20(22)23)7-14(15)16(19)21/h1-7,10H,9H2. The van der Waals surface area contributed by atoms with Crippen LogP contribution < -0.4 is 5.56 Å². The fraction of sp³-hybridized carbons (Fsp3) is 0.0625. The summed E-state index contributed by atoms with van der Waals surface area (Å²) in [6.07, 6.45) is 1.38. The van der Waals surface area contributed by atoms with E-state index in [1.165, 1.54) is 29.1 Å². The Morgan fingerprint density at radius 3 is 2.78 bits per heavy atom. The summed E-state index contributed by atoms with van der Waals surface area (Å²) in [4.78, 5) is 27.0. The number of hydrogen-bond acceptors (Lipinski definition) is 5. The summed E-state index contributed by atoms with van der Waals surface area (Å²) in [6.45, 7) is 0.175. The van der Waals surface area contributed by atoms with E-state index in [2.05, 4.69) is 11.1 Å². The lowest BCUT2D eigenvalue weighted by Crippen LogP contribution is -2.21. The molecule has 23 heavy (non-hydrogen) atoms. The topological polar surface area (TPSA) is 102 Å². The van der Waals surface area contributed by atoms with Crippen LogP contribution in [0.4, 0.5) is 5.69 Å². The molecule has 0 N–H and O–H groups in total. The Balaban J connectivity index is 2.12. The summed E-state index contributed by atoms with van der Waals surface area (Å²) < 4.78 is 1.34. The average Bonchev–Trinajstić information content (AvgIpc) is 2.57. The maximum Gasteiger partial charge on any atom is 0.270 e. The lowest BCUT2D eigenvalue weighted by Gasteiger charge is -2.08. The fourth-order valence-electron chi connectivity index (χ4n) is 2.32. The van der Waals surface area contributed by atoms with Gasteiger partial charge in [0.2, 0.25) is 0 Å². The SMILES string of the molecule is N#Cc1ccccc1Cn1cnc2ccc([N+](=O)[O-])cc2c1=O. The van der Waals surface area contributed by atoms with Gasteiger partial charge < -0.3 is 0 Å². The average molecular weight is 306 g/mol. The molecular weight excluding hydrogens is 296 g/mol. The third-order valence-corrected chi connectivity index (χ3v) is 3.50. The monoisotopic (exact) mass is 306 g/mol. The number of aromatic nitrogens is 2. The van der Waals surface area contributed by atoms with Gasteiger partial charge in [0.1, 0.15) is 0 Å². The number of fused-ring (bicyclic) bond motifs is 1. The predicted molar refractivity (Wildman–Crippen MR) is 82.9 cm³/mol. The van der Waals surface area contributed by atoms with Gasteiger partial charge in [0.25, 0.3) is 11.2 Å². The van der Waals surface area contributed by atoms with E-state index in [0.29, 0.717) is 16.6 Å². The molecule has 0 aliphatic carbocycles. The molecule has 112 valence electrons. The number of nitrogens with zero attached hydrogens (tertiary/aromatic N) is 4. The molecule has 3 rings (SSSR count). The second-order valence-electron chi connectivity index (χ2n) is 4.91. The lowest BCUT2D eigenvalue weighted by molar-refractivity contribution is -0.384. The zero-order valence-corrected chi connectivity index (χ0v) is 11.8. The van der Waals surface area contributed by atoms with Crippen LogP contribution in [0.5, 0.6) is 0 Å². The minimum atomic E-state index is -0.554. The molecule has 0 spiro atoms. The molecule has 2 aromatic carbocycles. The summed E-state index contributed by atoms with van der Waals surface area (Å²) in [5, 5.41) is 20.1. The molecule has 3 aromatic rings. The van der Waals surface area contributed by atoms with E-state index >= 15 is 0 Å². The molecule has 0 atom stereocenters. The van der Waals surface area contributed by atoms with Crippen molar-refractivity contribution in [2.75, 3.05) is 0 Å². The second kappa shape index (κ2) is 5.69. The van der Waals surface area contributed by atoms with Gasteiger partial charge in [-0.1, -0.05) is 18.2 Å². The van der Waals surface area contributed by atoms with Gasteiger partial charge in [0.15, 0.2) is 0 Å². The first-order chi connectivity index (χ1) is 11.1. The highest BCUT2D eigenvalue weighted by atomic mass is 16.6. The molecule has 0 aliphatic rings. The molecule has 1 aromatic heterocycles. The molecule has 0 radical (unpaired) electrons. The van der Waals surface area contributed by atoms with E-state index < -0.39 is 4.92 Å². The quantitative estimate of drug-likeness (QED) is 0.545. The van der Waals surface area contributed by atoms with E-state index in [4.69, 9.17) is 5.26 Å². The lowest BCUT2D eigenvalue weighted by atomic mass is 10.1. The number of non-ortho nitro benzene ring substituents is 1. The molecule has 0 unspecified atom stereocenters. The van der Waals surface area contributed by atoms with Crippen LogP contribution in [0.25, 0.3) is 10.9 Å². The molecule has 0 aliphatic heterocycles. The van der Waals surface area contributed by atoms with E-state index in [1.807, 2.05) is 0 Å². The van der Waals surface area contributed by atoms with E-state index in [1.54, 1.807) is 24.3 Å². The smallest absolute Gasteiger partial charge is 0.270 e. The van der Waals surface area contributed by atoms with Crippen LogP contribution in [0, 0.1) is 21.4 Å². The minimum Gasteiger partial charge on any atom is -0.294 e. The van der Waals surface area contributed by atoms with Crippen molar-refractivity contribution in [2.45, 2.75) is 6.54 Å². The Morgan fingerprint density at radius 2 is 2.04 bits per heavy atom. The number of rotatable bonds is 3. The summed E-state index contributed by atoms with van der Waals surface area (Å²) in [5.74, 6) is 0. The van der Waals surface area contributed by atoms with Gasteiger partial charge in [-0.05, 0) is 17.7 Å². The fourth-order valence-corrected chi connectivity index (χ4v) is 2.32. The summed E-state index contributed by atoms with van der Waals surface area (Å²) >= 11 is 0. The van der Waals surface area contributed by atoms with E-state index in [0.717, 1.165) is 0 Å². The highest BCUT2D eigenvalue weighted by Crippen LogP contribution is 2.16. The summed E-state index contributed by atoms with van der Waals surface area (Å²) in [5.41, 5.74) is 1.01. The van der Waals surface area contributed by atoms with E-state index in [-0.39, 0.29) is 23.2 Å². The Labute approximate surface area is 130 Å². The van der Waals surface area contributed by atoms with Gasteiger partial charge in [-0.15, -0.1) is 0 Å². The maximum atomic E-state index is 12.5. The molecule has 0 saturated carbocycles. The normalized spacial score (nSPS) is 10.4. The van der Waals surface area contributed by atoms with Gasteiger partial charge in [-0.2, -0.15) is 5.26 Å². The van der Waals surface area contributed by atoms with Gasteiger partial charge in [0, 0.05) is 12.1 Å². The largest absolute Gasteiger partial charge is 0.294 e. The van der Waals surface area contributed by atoms with Crippen molar-refractivity contribution in [3.8, 4) is 6.07 Å².